The van der Waals surface area contributed by atoms with Gasteiger partial charge in [-0.3, -0.25) is 9.80 Å². The summed E-state index contributed by atoms with van der Waals surface area (Å²) < 4.78 is 0. The normalized spacial score (nSPS) is 31.8. The maximum absolute atomic E-state index is 10.3. The van der Waals surface area contributed by atoms with Gasteiger partial charge in [-0.25, -0.2) is 0 Å². The molecule has 2 saturated heterocycles. The Morgan fingerprint density at radius 3 is 2.80 bits per heavy atom. The number of hydrogen-bond donors (Lipinski definition) is 2. The third-order valence-electron chi connectivity index (χ3n) is 5.44. The summed E-state index contributed by atoms with van der Waals surface area (Å²) in [7, 11) is 0. The minimum absolute atomic E-state index is 0.384. The second-order valence-corrected chi connectivity index (χ2v) is 6.87. The molecule has 0 aliphatic carbocycles. The molecule has 2 heterocycles. The van der Waals surface area contributed by atoms with Crippen LogP contribution in [0.3, 0.4) is 0 Å². The molecule has 0 spiro atoms. The fraction of sp³-hybridized carbons (Fsp3) is 1.00. The van der Waals surface area contributed by atoms with Crippen molar-refractivity contribution in [1.29, 1.82) is 0 Å². The van der Waals surface area contributed by atoms with E-state index in [9.17, 15) is 5.11 Å². The molecule has 4 nitrogen and oxygen atoms in total. The molecule has 0 saturated carbocycles. The Labute approximate surface area is 124 Å². The van der Waals surface area contributed by atoms with Crippen LogP contribution in [0, 0.1) is 0 Å². The molecule has 4 heteroatoms. The SMILES string of the molecule is CCC(O)(CN)CCCN1CC2CCCCN2CC1C. The van der Waals surface area contributed by atoms with Gasteiger partial charge in [0.1, 0.15) is 0 Å². The van der Waals surface area contributed by atoms with Crippen molar-refractivity contribution in [3.05, 3.63) is 0 Å². The Morgan fingerprint density at radius 1 is 1.30 bits per heavy atom. The molecule has 0 aromatic heterocycles. The lowest BCUT2D eigenvalue weighted by molar-refractivity contribution is 0.00308. The van der Waals surface area contributed by atoms with E-state index in [1.165, 1.54) is 38.9 Å². The van der Waals surface area contributed by atoms with Gasteiger partial charge in [0.25, 0.3) is 0 Å². The molecule has 0 amide bonds. The lowest BCUT2D eigenvalue weighted by Crippen LogP contribution is -2.58. The minimum atomic E-state index is -0.643. The van der Waals surface area contributed by atoms with Gasteiger partial charge >= 0.3 is 0 Å². The summed E-state index contributed by atoms with van der Waals surface area (Å²) in [5.41, 5.74) is 5.04. The molecule has 2 rings (SSSR count). The highest BCUT2D eigenvalue weighted by Crippen LogP contribution is 2.25. The zero-order chi connectivity index (χ0) is 14.6. The van der Waals surface area contributed by atoms with Crippen LogP contribution in [0.25, 0.3) is 0 Å². The number of piperazine rings is 1. The van der Waals surface area contributed by atoms with Crippen molar-refractivity contribution in [2.75, 3.05) is 32.7 Å². The highest BCUT2D eigenvalue weighted by molar-refractivity contribution is 4.89. The Morgan fingerprint density at radius 2 is 2.10 bits per heavy atom. The van der Waals surface area contributed by atoms with Gasteiger partial charge < -0.3 is 10.8 Å². The van der Waals surface area contributed by atoms with Gasteiger partial charge in [-0.1, -0.05) is 13.3 Å². The molecule has 3 N–H and O–H groups in total. The highest BCUT2D eigenvalue weighted by Gasteiger charge is 2.33. The molecule has 0 radical (unpaired) electrons. The van der Waals surface area contributed by atoms with Crippen molar-refractivity contribution >= 4 is 0 Å². The number of nitrogens with zero attached hydrogens (tertiary/aromatic N) is 2. The van der Waals surface area contributed by atoms with Crippen molar-refractivity contribution in [1.82, 2.24) is 9.80 Å². The standard InChI is InChI=1S/C16H33N3O/c1-3-16(20,13-17)8-6-10-18-12-15-7-4-5-9-19(15)11-14(18)2/h14-15,20H,3-13,17H2,1-2H3. The van der Waals surface area contributed by atoms with Crippen molar-refractivity contribution in [2.24, 2.45) is 5.73 Å². The van der Waals surface area contributed by atoms with E-state index in [0.717, 1.165) is 31.8 Å². The zero-order valence-electron chi connectivity index (χ0n) is 13.4. The maximum atomic E-state index is 10.3. The molecule has 0 aromatic rings. The minimum Gasteiger partial charge on any atom is -0.389 e. The van der Waals surface area contributed by atoms with Crippen molar-refractivity contribution in [3.63, 3.8) is 0 Å². The van der Waals surface area contributed by atoms with Crippen LogP contribution in [0.5, 0.6) is 0 Å². The summed E-state index contributed by atoms with van der Waals surface area (Å²) in [5.74, 6) is 0. The Hall–Kier alpha value is -0.160. The summed E-state index contributed by atoms with van der Waals surface area (Å²) in [4.78, 5) is 5.31. The first-order chi connectivity index (χ1) is 9.58. The van der Waals surface area contributed by atoms with Gasteiger partial charge in [0.05, 0.1) is 5.60 Å². The number of fused-ring (bicyclic) bond motifs is 1. The Kier molecular flexibility index (Phi) is 5.84. The van der Waals surface area contributed by atoms with E-state index in [1.807, 2.05) is 6.92 Å². The lowest BCUT2D eigenvalue weighted by atomic mass is 9.93. The third-order valence-corrected chi connectivity index (χ3v) is 5.44. The van der Waals surface area contributed by atoms with Gasteiger partial charge in [-0.05, 0) is 52.1 Å². The molecular weight excluding hydrogens is 250 g/mol. The van der Waals surface area contributed by atoms with Crippen LogP contribution in [0.2, 0.25) is 0 Å². The fourth-order valence-corrected chi connectivity index (χ4v) is 3.76. The molecule has 2 aliphatic heterocycles. The predicted octanol–water partition coefficient (Wildman–Crippen LogP) is 1.43. The van der Waals surface area contributed by atoms with Crippen LogP contribution in [0.4, 0.5) is 0 Å². The molecule has 2 fully saturated rings. The second kappa shape index (κ2) is 7.21. The molecular formula is C16H33N3O. The van der Waals surface area contributed by atoms with E-state index in [0.29, 0.717) is 12.6 Å². The van der Waals surface area contributed by atoms with Gasteiger partial charge in [0.2, 0.25) is 0 Å². The first-order valence-corrected chi connectivity index (χ1v) is 8.48. The molecule has 3 unspecified atom stereocenters. The lowest BCUT2D eigenvalue weighted by Gasteiger charge is -2.47. The van der Waals surface area contributed by atoms with Gasteiger partial charge in [0, 0.05) is 31.7 Å². The number of piperidine rings is 1. The van der Waals surface area contributed by atoms with Gasteiger partial charge in [-0.15, -0.1) is 0 Å². The molecule has 2 aliphatic rings. The quantitative estimate of drug-likeness (QED) is 0.774. The van der Waals surface area contributed by atoms with Crippen LogP contribution in [0.15, 0.2) is 0 Å². The number of nitrogens with two attached hydrogens (primary N) is 1. The maximum Gasteiger partial charge on any atom is 0.0767 e. The summed E-state index contributed by atoms with van der Waals surface area (Å²) in [6, 6.07) is 1.43. The smallest absolute Gasteiger partial charge is 0.0767 e. The van der Waals surface area contributed by atoms with E-state index in [-0.39, 0.29) is 0 Å². The summed E-state index contributed by atoms with van der Waals surface area (Å²) in [5, 5.41) is 10.3. The second-order valence-electron chi connectivity index (χ2n) is 6.87. The highest BCUT2D eigenvalue weighted by atomic mass is 16.3. The van der Waals surface area contributed by atoms with Crippen LogP contribution < -0.4 is 5.73 Å². The molecule has 0 bridgehead atoms. The van der Waals surface area contributed by atoms with E-state index in [2.05, 4.69) is 16.7 Å². The Bertz CT molecular complexity index is 293. The zero-order valence-corrected chi connectivity index (χ0v) is 13.4. The van der Waals surface area contributed by atoms with E-state index in [1.54, 1.807) is 0 Å². The predicted molar refractivity (Wildman–Crippen MR) is 83.8 cm³/mol. The van der Waals surface area contributed by atoms with Crippen LogP contribution in [0.1, 0.15) is 52.4 Å². The molecule has 3 atom stereocenters. The molecule has 20 heavy (non-hydrogen) atoms. The van der Waals surface area contributed by atoms with Gasteiger partial charge in [-0.2, -0.15) is 0 Å². The monoisotopic (exact) mass is 283 g/mol. The first-order valence-electron chi connectivity index (χ1n) is 8.48. The van der Waals surface area contributed by atoms with Crippen LogP contribution >= 0.6 is 0 Å². The Balaban J connectivity index is 1.78. The van der Waals surface area contributed by atoms with Crippen LogP contribution in [-0.2, 0) is 0 Å². The van der Waals surface area contributed by atoms with E-state index in [4.69, 9.17) is 5.73 Å². The van der Waals surface area contributed by atoms with Gasteiger partial charge in [0.15, 0.2) is 0 Å². The van der Waals surface area contributed by atoms with Crippen molar-refractivity contribution in [2.45, 2.75) is 70.1 Å². The van der Waals surface area contributed by atoms with Crippen LogP contribution in [-0.4, -0.2) is 65.3 Å². The third kappa shape index (κ3) is 3.94. The largest absolute Gasteiger partial charge is 0.389 e. The number of hydrogen-bond acceptors (Lipinski definition) is 4. The van der Waals surface area contributed by atoms with Crippen molar-refractivity contribution < 1.29 is 5.11 Å². The number of aliphatic hydroxyl groups is 1. The number of rotatable bonds is 6. The summed E-state index contributed by atoms with van der Waals surface area (Å²) in [6.45, 7) is 9.60. The first kappa shape index (κ1) is 16.2. The summed E-state index contributed by atoms with van der Waals surface area (Å²) >= 11 is 0. The average Bonchev–Trinajstić information content (AvgIpc) is 2.47. The summed E-state index contributed by atoms with van der Waals surface area (Å²) in [6.07, 6.45) is 6.78. The average molecular weight is 283 g/mol. The topological polar surface area (TPSA) is 52.7 Å². The van der Waals surface area contributed by atoms with E-state index >= 15 is 0 Å². The molecule has 0 aromatic carbocycles. The van der Waals surface area contributed by atoms with E-state index < -0.39 is 5.60 Å². The molecule has 118 valence electrons. The fourth-order valence-electron chi connectivity index (χ4n) is 3.76. The van der Waals surface area contributed by atoms with Crippen molar-refractivity contribution in [3.8, 4) is 0 Å².